The van der Waals surface area contributed by atoms with Gasteiger partial charge in [-0.2, -0.15) is 0 Å². The fourth-order valence-electron chi connectivity index (χ4n) is 2.01. The van der Waals surface area contributed by atoms with Gasteiger partial charge in [0, 0.05) is 18.2 Å². The molecule has 2 rings (SSSR count). The van der Waals surface area contributed by atoms with Gasteiger partial charge in [-0.3, -0.25) is 0 Å². The Labute approximate surface area is 149 Å². The molecule has 2 aromatic carbocycles. The van der Waals surface area contributed by atoms with E-state index in [0.717, 1.165) is 0 Å². The van der Waals surface area contributed by atoms with E-state index in [1.807, 2.05) is 0 Å². The number of amides is 2. The van der Waals surface area contributed by atoms with Gasteiger partial charge in [-0.1, -0.05) is 17.7 Å². The summed E-state index contributed by atoms with van der Waals surface area (Å²) in [4.78, 5) is 12.0. The lowest BCUT2D eigenvalue weighted by Crippen LogP contribution is -2.32. The summed E-state index contributed by atoms with van der Waals surface area (Å²) < 4.78 is 28.6. The van der Waals surface area contributed by atoms with Gasteiger partial charge in [0.05, 0.1) is 31.5 Å². The van der Waals surface area contributed by atoms with Crippen molar-refractivity contribution in [3.05, 3.63) is 47.2 Å². The zero-order chi connectivity index (χ0) is 18.2. The van der Waals surface area contributed by atoms with Crippen LogP contribution in [0.15, 0.2) is 36.4 Å². The van der Waals surface area contributed by atoms with Gasteiger partial charge in [0.1, 0.15) is 29.7 Å². The molecule has 0 spiro atoms. The SMILES string of the molecule is COc1cc(NC(=O)NCCOc2cccc(F)c2)c(OC)cc1Cl. The van der Waals surface area contributed by atoms with E-state index < -0.39 is 6.03 Å². The van der Waals surface area contributed by atoms with Gasteiger partial charge >= 0.3 is 6.03 Å². The Morgan fingerprint density at radius 1 is 1.16 bits per heavy atom. The third-order valence-electron chi connectivity index (χ3n) is 3.17. The molecule has 0 fully saturated rings. The Hall–Kier alpha value is -2.67. The minimum Gasteiger partial charge on any atom is -0.495 e. The van der Waals surface area contributed by atoms with E-state index in [0.29, 0.717) is 28.0 Å². The van der Waals surface area contributed by atoms with Gasteiger partial charge in [0.2, 0.25) is 0 Å². The molecule has 0 saturated heterocycles. The number of methoxy groups -OCH3 is 2. The Kier molecular flexibility index (Phi) is 6.71. The van der Waals surface area contributed by atoms with Gasteiger partial charge < -0.3 is 24.8 Å². The number of anilines is 1. The normalized spacial score (nSPS) is 10.1. The lowest BCUT2D eigenvalue weighted by atomic mass is 10.2. The number of rotatable bonds is 7. The third kappa shape index (κ3) is 5.42. The summed E-state index contributed by atoms with van der Waals surface area (Å²) in [6.07, 6.45) is 0. The first-order valence-corrected chi connectivity index (χ1v) is 7.76. The number of hydrogen-bond donors (Lipinski definition) is 2. The molecule has 0 radical (unpaired) electrons. The second-order valence-electron chi connectivity index (χ2n) is 4.87. The molecule has 25 heavy (non-hydrogen) atoms. The zero-order valence-corrected chi connectivity index (χ0v) is 14.5. The van der Waals surface area contributed by atoms with Crippen LogP contribution in [0.3, 0.4) is 0 Å². The van der Waals surface area contributed by atoms with Crippen molar-refractivity contribution in [3.63, 3.8) is 0 Å². The highest BCUT2D eigenvalue weighted by atomic mass is 35.5. The maximum atomic E-state index is 13.0. The second-order valence-corrected chi connectivity index (χ2v) is 5.28. The van der Waals surface area contributed by atoms with Crippen molar-refractivity contribution in [3.8, 4) is 17.2 Å². The van der Waals surface area contributed by atoms with Crippen LogP contribution >= 0.6 is 11.6 Å². The van der Waals surface area contributed by atoms with E-state index >= 15 is 0 Å². The predicted molar refractivity (Wildman–Crippen MR) is 93.5 cm³/mol. The average molecular weight is 369 g/mol. The molecule has 6 nitrogen and oxygen atoms in total. The van der Waals surface area contributed by atoms with Gasteiger partial charge in [-0.05, 0) is 12.1 Å². The Morgan fingerprint density at radius 3 is 2.60 bits per heavy atom. The maximum absolute atomic E-state index is 13.0. The first-order valence-electron chi connectivity index (χ1n) is 7.38. The minimum atomic E-state index is -0.453. The van der Waals surface area contributed by atoms with Crippen molar-refractivity contribution in [2.75, 3.05) is 32.7 Å². The molecule has 0 heterocycles. The lowest BCUT2D eigenvalue weighted by Gasteiger charge is -2.14. The molecular formula is C17H18ClFN2O4. The molecule has 2 amide bonds. The van der Waals surface area contributed by atoms with Crippen LogP contribution in [0.4, 0.5) is 14.9 Å². The van der Waals surface area contributed by atoms with Crippen molar-refractivity contribution < 1.29 is 23.4 Å². The summed E-state index contributed by atoms with van der Waals surface area (Å²) in [5, 5.41) is 5.63. The quantitative estimate of drug-likeness (QED) is 0.731. The molecule has 134 valence electrons. The van der Waals surface area contributed by atoms with Crippen molar-refractivity contribution in [2.45, 2.75) is 0 Å². The number of carbonyl (C=O) groups excluding carboxylic acids is 1. The van der Waals surface area contributed by atoms with E-state index in [2.05, 4.69) is 10.6 Å². The van der Waals surface area contributed by atoms with Crippen LogP contribution in [-0.2, 0) is 0 Å². The second kappa shape index (κ2) is 8.98. The Balaban J connectivity index is 1.86. The molecule has 8 heteroatoms. The molecule has 0 saturated carbocycles. The Bertz CT molecular complexity index is 743. The molecule has 0 atom stereocenters. The van der Waals surface area contributed by atoms with Crippen molar-refractivity contribution in [1.29, 1.82) is 0 Å². The van der Waals surface area contributed by atoms with Crippen molar-refractivity contribution in [1.82, 2.24) is 5.32 Å². The highest BCUT2D eigenvalue weighted by Gasteiger charge is 2.12. The first kappa shape index (κ1) is 18.7. The number of halogens is 2. The molecule has 0 aliphatic rings. The fourth-order valence-corrected chi connectivity index (χ4v) is 2.25. The molecule has 0 unspecified atom stereocenters. The third-order valence-corrected chi connectivity index (χ3v) is 3.47. The summed E-state index contributed by atoms with van der Waals surface area (Å²) in [5.74, 6) is 0.822. The van der Waals surface area contributed by atoms with Crippen LogP contribution in [0.1, 0.15) is 0 Å². The van der Waals surface area contributed by atoms with Crippen molar-refractivity contribution >= 4 is 23.3 Å². The number of benzene rings is 2. The smallest absolute Gasteiger partial charge is 0.319 e. The van der Waals surface area contributed by atoms with Gasteiger partial charge in [-0.25, -0.2) is 9.18 Å². The molecule has 0 aliphatic heterocycles. The molecule has 0 aromatic heterocycles. The van der Waals surface area contributed by atoms with Crippen LogP contribution in [0.2, 0.25) is 5.02 Å². The summed E-state index contributed by atoms with van der Waals surface area (Å²) in [7, 11) is 2.94. The average Bonchev–Trinajstić information content (AvgIpc) is 2.60. The molecule has 0 bridgehead atoms. The number of nitrogens with one attached hydrogen (secondary N) is 2. The summed E-state index contributed by atoms with van der Waals surface area (Å²) in [6.45, 7) is 0.424. The molecule has 2 aromatic rings. The largest absolute Gasteiger partial charge is 0.495 e. The number of hydrogen-bond acceptors (Lipinski definition) is 4. The minimum absolute atomic E-state index is 0.192. The monoisotopic (exact) mass is 368 g/mol. The van der Waals surface area contributed by atoms with Crippen LogP contribution in [-0.4, -0.2) is 33.4 Å². The fraction of sp³-hybridized carbons (Fsp3) is 0.235. The first-order chi connectivity index (χ1) is 12.0. The molecule has 0 aliphatic carbocycles. The maximum Gasteiger partial charge on any atom is 0.319 e. The van der Waals surface area contributed by atoms with E-state index in [4.69, 9.17) is 25.8 Å². The number of carbonyl (C=O) groups is 1. The molecular weight excluding hydrogens is 351 g/mol. The predicted octanol–water partition coefficient (Wildman–Crippen LogP) is 3.70. The molecule has 2 N–H and O–H groups in total. The van der Waals surface area contributed by atoms with Gasteiger partial charge in [0.25, 0.3) is 0 Å². The van der Waals surface area contributed by atoms with Crippen LogP contribution < -0.4 is 24.8 Å². The van der Waals surface area contributed by atoms with Crippen LogP contribution in [0.25, 0.3) is 0 Å². The summed E-state index contributed by atoms with van der Waals surface area (Å²) in [6, 6.07) is 8.43. The summed E-state index contributed by atoms with van der Waals surface area (Å²) >= 11 is 6.01. The number of urea groups is 1. The number of ether oxygens (including phenoxy) is 3. The van der Waals surface area contributed by atoms with Crippen LogP contribution in [0.5, 0.6) is 17.2 Å². The van der Waals surface area contributed by atoms with Gasteiger partial charge in [0.15, 0.2) is 0 Å². The highest BCUT2D eigenvalue weighted by Crippen LogP contribution is 2.35. The topological polar surface area (TPSA) is 68.8 Å². The Morgan fingerprint density at radius 2 is 1.92 bits per heavy atom. The van der Waals surface area contributed by atoms with E-state index in [-0.39, 0.29) is 19.0 Å². The highest BCUT2D eigenvalue weighted by molar-refractivity contribution is 6.32. The summed E-state index contributed by atoms with van der Waals surface area (Å²) in [5.41, 5.74) is 0.410. The van der Waals surface area contributed by atoms with E-state index in [1.54, 1.807) is 24.3 Å². The van der Waals surface area contributed by atoms with Crippen LogP contribution in [0, 0.1) is 5.82 Å². The van der Waals surface area contributed by atoms with E-state index in [9.17, 15) is 9.18 Å². The standard InChI is InChI=1S/C17H18ClFN2O4/c1-23-15-10-14(16(24-2)9-13(15)18)21-17(22)20-6-7-25-12-5-3-4-11(19)8-12/h3-5,8-10H,6-7H2,1-2H3,(H2,20,21,22). The van der Waals surface area contributed by atoms with E-state index in [1.165, 1.54) is 26.4 Å². The lowest BCUT2D eigenvalue weighted by molar-refractivity contribution is 0.247. The van der Waals surface area contributed by atoms with Gasteiger partial charge in [-0.15, -0.1) is 0 Å². The zero-order valence-electron chi connectivity index (χ0n) is 13.8. The van der Waals surface area contributed by atoms with Crippen molar-refractivity contribution in [2.24, 2.45) is 0 Å².